The first-order chi connectivity index (χ1) is 17.4. The fourth-order valence-corrected chi connectivity index (χ4v) is 3.98. The number of benzene rings is 2. The van der Waals surface area contributed by atoms with Gasteiger partial charge < -0.3 is 29.2 Å². The van der Waals surface area contributed by atoms with E-state index in [9.17, 15) is 9.59 Å². The number of hydrazone groups is 1. The Morgan fingerprint density at radius 1 is 1.03 bits per heavy atom. The normalized spacial score (nSPS) is 14.8. The van der Waals surface area contributed by atoms with Gasteiger partial charge in [-0.25, -0.2) is 9.80 Å². The van der Waals surface area contributed by atoms with Gasteiger partial charge in [-0.05, 0) is 36.8 Å². The van der Waals surface area contributed by atoms with Gasteiger partial charge in [0, 0.05) is 38.2 Å². The summed E-state index contributed by atoms with van der Waals surface area (Å²) in [6.07, 6.45) is 0.472. The molecule has 3 rings (SSSR count). The Kier molecular flexibility index (Phi) is 9.52. The van der Waals surface area contributed by atoms with Crippen LogP contribution in [0.5, 0.6) is 17.2 Å². The number of urea groups is 1. The third-order valence-corrected chi connectivity index (χ3v) is 5.89. The number of ether oxygens (including phenoxy) is 4. The first kappa shape index (κ1) is 26.8. The van der Waals surface area contributed by atoms with Crippen LogP contribution in [0.4, 0.5) is 4.79 Å². The van der Waals surface area contributed by atoms with Crippen LogP contribution in [-0.4, -0.2) is 82.2 Å². The molecule has 0 fully saturated rings. The van der Waals surface area contributed by atoms with Gasteiger partial charge in [0.2, 0.25) is 0 Å². The zero-order chi connectivity index (χ0) is 26.1. The summed E-state index contributed by atoms with van der Waals surface area (Å²) in [6, 6.07) is 12.3. The summed E-state index contributed by atoms with van der Waals surface area (Å²) in [5, 5.41) is 8.93. The fraction of sp³-hybridized carbons (Fsp3) is 0.423. The number of carbonyl (C=O) groups is 2. The van der Waals surface area contributed by atoms with Crippen LogP contribution in [0.15, 0.2) is 47.6 Å². The number of nitrogens with zero attached hydrogens (tertiary/aromatic N) is 3. The number of carbonyl (C=O) groups excluding carboxylic acids is 2. The second-order valence-corrected chi connectivity index (χ2v) is 8.09. The molecule has 0 radical (unpaired) electrons. The first-order valence-corrected chi connectivity index (χ1v) is 11.7. The predicted molar refractivity (Wildman–Crippen MR) is 136 cm³/mol. The Hall–Kier alpha value is -3.79. The van der Waals surface area contributed by atoms with Crippen LogP contribution in [0.25, 0.3) is 0 Å². The average Bonchev–Trinajstić information content (AvgIpc) is 3.36. The van der Waals surface area contributed by atoms with Crippen molar-refractivity contribution in [3.05, 3.63) is 53.6 Å². The lowest BCUT2D eigenvalue weighted by Crippen LogP contribution is -2.47. The van der Waals surface area contributed by atoms with Crippen molar-refractivity contribution in [3.63, 3.8) is 0 Å². The molecule has 1 heterocycles. The maximum Gasteiger partial charge on any atom is 0.317 e. The van der Waals surface area contributed by atoms with E-state index >= 15 is 0 Å². The molecule has 2 aromatic carbocycles. The highest BCUT2D eigenvalue weighted by molar-refractivity contribution is 6.05. The van der Waals surface area contributed by atoms with E-state index in [0.29, 0.717) is 36.8 Å². The molecular formula is C26H34N4O6. The van der Waals surface area contributed by atoms with Crippen molar-refractivity contribution >= 4 is 17.6 Å². The number of hydrogen-bond donors (Lipinski definition) is 1. The van der Waals surface area contributed by atoms with E-state index in [1.807, 2.05) is 43.3 Å². The lowest BCUT2D eigenvalue weighted by Gasteiger charge is -2.27. The smallest absolute Gasteiger partial charge is 0.317 e. The Balaban J connectivity index is 1.95. The Morgan fingerprint density at radius 2 is 1.72 bits per heavy atom. The monoisotopic (exact) mass is 498 g/mol. The highest BCUT2D eigenvalue weighted by Gasteiger charge is 2.35. The molecule has 0 spiro atoms. The van der Waals surface area contributed by atoms with E-state index in [2.05, 4.69) is 5.32 Å². The molecule has 1 aliphatic rings. The van der Waals surface area contributed by atoms with Crippen molar-refractivity contribution in [2.24, 2.45) is 5.10 Å². The SMILES string of the molecule is CCNC(=O)N(CCOC)CC(=O)N1N=C(c2ccc(OC)cc2OC)C[C@@H]1c1ccc(OC)cc1. The van der Waals surface area contributed by atoms with Crippen molar-refractivity contribution in [1.82, 2.24) is 15.2 Å². The molecule has 1 aliphatic heterocycles. The second-order valence-electron chi connectivity index (χ2n) is 8.09. The number of amides is 3. The quantitative estimate of drug-likeness (QED) is 0.511. The summed E-state index contributed by atoms with van der Waals surface area (Å²) in [4.78, 5) is 27.5. The van der Waals surface area contributed by atoms with E-state index in [-0.39, 0.29) is 31.1 Å². The molecule has 0 aliphatic carbocycles. The van der Waals surface area contributed by atoms with E-state index < -0.39 is 0 Å². The molecule has 0 saturated heterocycles. The van der Waals surface area contributed by atoms with Crippen LogP contribution >= 0.6 is 0 Å². The molecule has 10 heteroatoms. The van der Waals surface area contributed by atoms with Gasteiger partial charge in [-0.15, -0.1) is 0 Å². The van der Waals surface area contributed by atoms with Gasteiger partial charge in [0.15, 0.2) is 0 Å². The summed E-state index contributed by atoms with van der Waals surface area (Å²) < 4.78 is 21.3. The van der Waals surface area contributed by atoms with Crippen molar-refractivity contribution in [1.29, 1.82) is 0 Å². The predicted octanol–water partition coefficient (Wildman–Crippen LogP) is 3.07. The van der Waals surface area contributed by atoms with Gasteiger partial charge in [0.25, 0.3) is 5.91 Å². The topological polar surface area (TPSA) is 102 Å². The van der Waals surface area contributed by atoms with Crippen molar-refractivity contribution < 1.29 is 28.5 Å². The molecule has 1 atom stereocenters. The van der Waals surface area contributed by atoms with Gasteiger partial charge in [-0.1, -0.05) is 12.1 Å². The number of rotatable bonds is 11. The van der Waals surface area contributed by atoms with Gasteiger partial charge in [-0.2, -0.15) is 5.10 Å². The molecule has 2 aromatic rings. The van der Waals surface area contributed by atoms with Crippen LogP contribution in [0, 0.1) is 0 Å². The summed E-state index contributed by atoms with van der Waals surface area (Å²) in [7, 11) is 6.33. The zero-order valence-electron chi connectivity index (χ0n) is 21.4. The van der Waals surface area contributed by atoms with E-state index in [1.165, 1.54) is 9.91 Å². The summed E-state index contributed by atoms with van der Waals surface area (Å²) >= 11 is 0. The van der Waals surface area contributed by atoms with E-state index in [0.717, 1.165) is 16.9 Å². The highest BCUT2D eigenvalue weighted by Crippen LogP contribution is 2.36. The average molecular weight is 499 g/mol. The largest absolute Gasteiger partial charge is 0.497 e. The van der Waals surface area contributed by atoms with E-state index in [4.69, 9.17) is 24.0 Å². The van der Waals surface area contributed by atoms with Crippen LogP contribution < -0.4 is 19.5 Å². The van der Waals surface area contributed by atoms with Crippen LogP contribution in [0.1, 0.15) is 30.5 Å². The molecule has 3 amide bonds. The molecule has 0 saturated carbocycles. The minimum atomic E-state index is -0.358. The second kappa shape index (κ2) is 12.8. The Morgan fingerprint density at radius 3 is 2.33 bits per heavy atom. The molecule has 0 unspecified atom stereocenters. The minimum Gasteiger partial charge on any atom is -0.497 e. The summed E-state index contributed by atoms with van der Waals surface area (Å²) in [5.74, 6) is 1.67. The van der Waals surface area contributed by atoms with Crippen LogP contribution in [0.3, 0.4) is 0 Å². The first-order valence-electron chi connectivity index (χ1n) is 11.7. The van der Waals surface area contributed by atoms with Crippen molar-refractivity contribution in [2.45, 2.75) is 19.4 Å². The van der Waals surface area contributed by atoms with Crippen molar-refractivity contribution in [2.75, 3.05) is 54.7 Å². The third kappa shape index (κ3) is 6.25. The molecule has 194 valence electrons. The molecule has 1 N–H and O–H groups in total. The van der Waals surface area contributed by atoms with Crippen molar-refractivity contribution in [3.8, 4) is 17.2 Å². The Bertz CT molecular complexity index is 1070. The van der Waals surface area contributed by atoms with Gasteiger partial charge in [0.05, 0.1) is 39.7 Å². The highest BCUT2D eigenvalue weighted by atomic mass is 16.5. The Labute approximate surface area is 211 Å². The van der Waals surface area contributed by atoms with Gasteiger partial charge in [0.1, 0.15) is 23.8 Å². The standard InChI is InChI=1S/C26H34N4O6/c1-6-27-26(32)29(13-14-33-2)17-25(31)30-23(18-7-9-19(34-3)10-8-18)16-22(28-30)21-12-11-20(35-4)15-24(21)36-5/h7-12,15,23H,6,13-14,16-17H2,1-5H3,(H,27,32)/t23-/m1/s1. The lowest BCUT2D eigenvalue weighted by atomic mass is 9.97. The molecule has 0 bridgehead atoms. The minimum absolute atomic E-state index is 0.141. The lowest BCUT2D eigenvalue weighted by molar-refractivity contribution is -0.133. The zero-order valence-corrected chi connectivity index (χ0v) is 21.4. The fourth-order valence-electron chi connectivity index (χ4n) is 3.98. The van der Waals surface area contributed by atoms with Gasteiger partial charge in [-0.3, -0.25) is 4.79 Å². The van der Waals surface area contributed by atoms with Crippen LogP contribution in [0.2, 0.25) is 0 Å². The van der Waals surface area contributed by atoms with Crippen LogP contribution in [-0.2, 0) is 9.53 Å². The number of nitrogens with one attached hydrogen (secondary N) is 1. The van der Waals surface area contributed by atoms with E-state index in [1.54, 1.807) is 34.5 Å². The summed E-state index contributed by atoms with van der Waals surface area (Å²) in [5.41, 5.74) is 2.37. The number of hydrogen-bond acceptors (Lipinski definition) is 7. The molecular weight excluding hydrogens is 464 g/mol. The maximum atomic E-state index is 13.5. The maximum absolute atomic E-state index is 13.5. The number of methoxy groups -OCH3 is 4. The molecule has 10 nitrogen and oxygen atoms in total. The third-order valence-electron chi connectivity index (χ3n) is 5.89. The molecule has 0 aromatic heterocycles. The molecule has 36 heavy (non-hydrogen) atoms. The van der Waals surface area contributed by atoms with Gasteiger partial charge >= 0.3 is 6.03 Å². The summed E-state index contributed by atoms with van der Waals surface area (Å²) in [6.45, 7) is 2.72.